The number of carbonyl (C=O) groups is 1. The molecule has 0 bridgehead atoms. The maximum absolute atomic E-state index is 11.9. The molecule has 0 aliphatic carbocycles. The molecule has 136 valence electrons. The fraction of sp³-hybridized carbons (Fsp3) is 0.136. The summed E-state index contributed by atoms with van der Waals surface area (Å²) in [6.45, 7) is 2.76. The number of ether oxygens (including phenoxy) is 1. The Labute approximate surface area is 158 Å². The summed E-state index contributed by atoms with van der Waals surface area (Å²) in [6, 6.07) is 19.0. The van der Waals surface area contributed by atoms with Gasteiger partial charge in [-0.15, -0.1) is 0 Å². The van der Waals surface area contributed by atoms with E-state index in [9.17, 15) is 4.79 Å². The van der Waals surface area contributed by atoms with Crippen LogP contribution < -0.4 is 10.1 Å². The van der Waals surface area contributed by atoms with Crippen molar-refractivity contribution in [2.45, 2.75) is 20.1 Å². The molecule has 0 radical (unpaired) electrons. The van der Waals surface area contributed by atoms with Crippen LogP contribution in [-0.2, 0) is 17.9 Å². The first-order valence-electron chi connectivity index (χ1n) is 8.70. The molecule has 5 nitrogen and oxygen atoms in total. The molecule has 0 atom stereocenters. The molecule has 0 aliphatic heterocycles. The van der Waals surface area contributed by atoms with Crippen LogP contribution in [0.25, 0.3) is 6.08 Å². The van der Waals surface area contributed by atoms with E-state index in [1.54, 1.807) is 12.3 Å². The Kier molecular flexibility index (Phi) is 6.30. The largest absolute Gasteiger partial charge is 0.487 e. The van der Waals surface area contributed by atoms with Crippen molar-refractivity contribution in [3.8, 4) is 5.75 Å². The summed E-state index contributed by atoms with van der Waals surface area (Å²) in [4.78, 5) is 20.5. The normalized spacial score (nSPS) is 10.7. The molecule has 0 saturated heterocycles. The van der Waals surface area contributed by atoms with Crippen molar-refractivity contribution in [3.63, 3.8) is 0 Å². The molecule has 1 aromatic carbocycles. The summed E-state index contributed by atoms with van der Waals surface area (Å²) < 4.78 is 5.70. The zero-order chi connectivity index (χ0) is 18.9. The number of hydrogen-bond acceptors (Lipinski definition) is 4. The summed E-state index contributed by atoms with van der Waals surface area (Å²) in [5, 5.41) is 2.83. The zero-order valence-electron chi connectivity index (χ0n) is 15.1. The van der Waals surface area contributed by atoms with Gasteiger partial charge >= 0.3 is 0 Å². The van der Waals surface area contributed by atoms with Crippen molar-refractivity contribution in [1.29, 1.82) is 0 Å². The number of nitrogens with one attached hydrogen (secondary N) is 1. The molecule has 1 amide bonds. The van der Waals surface area contributed by atoms with Crippen LogP contribution in [0.4, 0.5) is 0 Å². The van der Waals surface area contributed by atoms with E-state index in [1.807, 2.05) is 67.6 Å². The number of amides is 1. The molecular weight excluding hydrogens is 338 g/mol. The fourth-order valence-electron chi connectivity index (χ4n) is 2.42. The van der Waals surface area contributed by atoms with Crippen molar-refractivity contribution < 1.29 is 9.53 Å². The van der Waals surface area contributed by atoms with Gasteiger partial charge in [-0.1, -0.05) is 24.3 Å². The second kappa shape index (κ2) is 9.29. The van der Waals surface area contributed by atoms with Crippen molar-refractivity contribution in [2.24, 2.45) is 0 Å². The van der Waals surface area contributed by atoms with E-state index in [0.29, 0.717) is 13.2 Å². The third-order valence-electron chi connectivity index (χ3n) is 3.81. The molecule has 0 unspecified atom stereocenters. The third kappa shape index (κ3) is 6.08. The predicted octanol–water partition coefficient (Wildman–Crippen LogP) is 3.69. The van der Waals surface area contributed by atoms with Gasteiger partial charge in [-0.25, -0.2) is 0 Å². The first kappa shape index (κ1) is 18.3. The molecular formula is C22H21N3O2. The van der Waals surface area contributed by atoms with Crippen LogP contribution in [0.15, 0.2) is 72.9 Å². The molecule has 0 fully saturated rings. The lowest BCUT2D eigenvalue weighted by atomic mass is 10.2. The van der Waals surface area contributed by atoms with Crippen LogP contribution >= 0.6 is 0 Å². The van der Waals surface area contributed by atoms with Gasteiger partial charge in [0, 0.05) is 18.0 Å². The van der Waals surface area contributed by atoms with Gasteiger partial charge in [-0.05, 0) is 55.0 Å². The minimum absolute atomic E-state index is 0.159. The molecule has 0 spiro atoms. The Morgan fingerprint density at radius 1 is 1.04 bits per heavy atom. The van der Waals surface area contributed by atoms with Gasteiger partial charge in [-0.2, -0.15) is 0 Å². The maximum Gasteiger partial charge on any atom is 0.244 e. The first-order valence-corrected chi connectivity index (χ1v) is 8.70. The van der Waals surface area contributed by atoms with Crippen LogP contribution in [0.3, 0.4) is 0 Å². The first-order chi connectivity index (χ1) is 13.2. The van der Waals surface area contributed by atoms with Crippen LogP contribution in [0, 0.1) is 6.92 Å². The number of nitrogens with zero attached hydrogens (tertiary/aromatic N) is 2. The molecule has 5 heteroatoms. The highest BCUT2D eigenvalue weighted by atomic mass is 16.5. The minimum Gasteiger partial charge on any atom is -0.487 e. The Morgan fingerprint density at radius 3 is 2.59 bits per heavy atom. The van der Waals surface area contributed by atoms with E-state index in [4.69, 9.17) is 4.74 Å². The molecule has 3 aromatic rings. The molecule has 1 N–H and O–H groups in total. The van der Waals surface area contributed by atoms with E-state index in [1.165, 1.54) is 6.08 Å². The molecule has 3 rings (SSSR count). The average Bonchev–Trinajstić information content (AvgIpc) is 2.71. The van der Waals surface area contributed by atoms with E-state index in [0.717, 1.165) is 28.4 Å². The molecule has 0 saturated carbocycles. The lowest BCUT2D eigenvalue weighted by Gasteiger charge is -2.05. The number of rotatable bonds is 7. The monoisotopic (exact) mass is 359 g/mol. The highest BCUT2D eigenvalue weighted by Gasteiger charge is 1.99. The SMILES string of the molecule is Cc1cccc(CNC(=O)/C=C/c2ccc(OCc3ccccn3)cc2)n1. The number of aryl methyl sites for hydroxylation is 1. The van der Waals surface area contributed by atoms with E-state index >= 15 is 0 Å². The second-order valence-electron chi connectivity index (χ2n) is 6.00. The van der Waals surface area contributed by atoms with E-state index in [2.05, 4.69) is 15.3 Å². The van der Waals surface area contributed by atoms with E-state index in [-0.39, 0.29) is 5.91 Å². The van der Waals surface area contributed by atoms with Crippen molar-refractivity contribution in [3.05, 3.63) is 95.6 Å². The van der Waals surface area contributed by atoms with Gasteiger partial charge in [0.05, 0.1) is 17.9 Å². The fourth-order valence-corrected chi connectivity index (χ4v) is 2.42. The van der Waals surface area contributed by atoms with E-state index < -0.39 is 0 Å². The molecule has 2 heterocycles. The predicted molar refractivity (Wildman–Crippen MR) is 105 cm³/mol. The average molecular weight is 359 g/mol. The van der Waals surface area contributed by atoms with Gasteiger partial charge in [-0.3, -0.25) is 14.8 Å². The van der Waals surface area contributed by atoms with Gasteiger partial charge in [0.25, 0.3) is 0 Å². The lowest BCUT2D eigenvalue weighted by Crippen LogP contribution is -2.20. The van der Waals surface area contributed by atoms with Crippen molar-refractivity contribution >= 4 is 12.0 Å². The quantitative estimate of drug-likeness (QED) is 0.654. The number of carbonyl (C=O) groups excluding carboxylic acids is 1. The van der Waals surface area contributed by atoms with Crippen LogP contribution in [0.1, 0.15) is 22.6 Å². The summed E-state index contributed by atoms with van der Waals surface area (Å²) >= 11 is 0. The highest BCUT2D eigenvalue weighted by molar-refractivity contribution is 5.91. The molecule has 0 aliphatic rings. The summed E-state index contributed by atoms with van der Waals surface area (Å²) in [7, 11) is 0. The number of hydrogen-bond donors (Lipinski definition) is 1. The van der Waals surface area contributed by atoms with Crippen LogP contribution in [-0.4, -0.2) is 15.9 Å². The zero-order valence-corrected chi connectivity index (χ0v) is 15.1. The third-order valence-corrected chi connectivity index (χ3v) is 3.81. The summed E-state index contributed by atoms with van der Waals surface area (Å²) in [5.74, 6) is 0.599. The Hall–Kier alpha value is -3.47. The minimum atomic E-state index is -0.159. The summed E-state index contributed by atoms with van der Waals surface area (Å²) in [6.07, 6.45) is 5.02. The summed E-state index contributed by atoms with van der Waals surface area (Å²) in [5.41, 5.74) is 3.57. The second-order valence-corrected chi connectivity index (χ2v) is 6.00. The Balaban J connectivity index is 1.47. The topological polar surface area (TPSA) is 64.1 Å². The van der Waals surface area contributed by atoms with Gasteiger partial charge in [0.2, 0.25) is 5.91 Å². The van der Waals surface area contributed by atoms with Crippen LogP contribution in [0.5, 0.6) is 5.75 Å². The highest BCUT2D eigenvalue weighted by Crippen LogP contribution is 2.14. The number of pyridine rings is 2. The standard InChI is InChI=1S/C22H21N3O2/c1-17-5-4-7-19(25-17)15-24-22(26)13-10-18-8-11-21(12-9-18)27-16-20-6-2-3-14-23-20/h2-14H,15-16H2,1H3,(H,24,26)/b13-10+. The van der Waals surface area contributed by atoms with Gasteiger partial charge in [0.15, 0.2) is 0 Å². The number of aromatic nitrogens is 2. The molecule has 27 heavy (non-hydrogen) atoms. The number of benzene rings is 1. The smallest absolute Gasteiger partial charge is 0.244 e. The van der Waals surface area contributed by atoms with Crippen molar-refractivity contribution in [1.82, 2.24) is 15.3 Å². The van der Waals surface area contributed by atoms with Crippen molar-refractivity contribution in [2.75, 3.05) is 0 Å². The Bertz CT molecular complexity index is 906. The van der Waals surface area contributed by atoms with Gasteiger partial charge < -0.3 is 10.1 Å². The van der Waals surface area contributed by atoms with Gasteiger partial charge in [0.1, 0.15) is 12.4 Å². The lowest BCUT2D eigenvalue weighted by molar-refractivity contribution is -0.116. The molecule has 2 aromatic heterocycles. The Morgan fingerprint density at radius 2 is 1.85 bits per heavy atom. The van der Waals surface area contributed by atoms with Crippen LogP contribution in [0.2, 0.25) is 0 Å². The maximum atomic E-state index is 11.9.